The summed E-state index contributed by atoms with van der Waals surface area (Å²) in [5.41, 5.74) is 8.32. The molecule has 2 rings (SSSR count). The third-order valence-corrected chi connectivity index (χ3v) is 1.98. The van der Waals surface area contributed by atoms with Crippen LogP contribution in [0.25, 0.3) is 11.4 Å². The van der Waals surface area contributed by atoms with Gasteiger partial charge in [0.1, 0.15) is 0 Å². The van der Waals surface area contributed by atoms with Crippen LogP contribution in [0, 0.1) is 6.92 Å². The molecule has 0 bridgehead atoms. The van der Waals surface area contributed by atoms with E-state index in [0.29, 0.717) is 11.5 Å². The molecule has 3 nitrogen and oxygen atoms in total. The lowest BCUT2D eigenvalue weighted by Gasteiger charge is -2.00. The molecule has 70 valence electrons. The van der Waals surface area contributed by atoms with Gasteiger partial charge in [0.2, 0.25) is 0 Å². The normalized spacial score (nSPS) is 10.1. The van der Waals surface area contributed by atoms with Crippen LogP contribution < -0.4 is 5.73 Å². The van der Waals surface area contributed by atoms with Crippen LogP contribution in [0.1, 0.15) is 5.56 Å². The zero-order chi connectivity index (χ0) is 9.97. The van der Waals surface area contributed by atoms with Gasteiger partial charge in [-0.3, -0.25) is 0 Å². The highest BCUT2D eigenvalue weighted by molar-refractivity contribution is 5.55. The summed E-state index contributed by atoms with van der Waals surface area (Å²) >= 11 is 0. The van der Waals surface area contributed by atoms with E-state index in [-0.39, 0.29) is 0 Å². The van der Waals surface area contributed by atoms with Crippen molar-refractivity contribution in [2.75, 3.05) is 5.73 Å². The largest absolute Gasteiger partial charge is 0.396 e. The Bertz CT molecular complexity index is 374. The van der Waals surface area contributed by atoms with Gasteiger partial charge in [-0.1, -0.05) is 29.8 Å². The fourth-order valence-electron chi connectivity index (χ4n) is 1.19. The van der Waals surface area contributed by atoms with Gasteiger partial charge < -0.3 is 5.73 Å². The molecule has 0 amide bonds. The Morgan fingerprint density at radius 3 is 2.14 bits per heavy atom. The number of aryl methyl sites for hydroxylation is 1. The number of hydrogen-bond acceptors (Lipinski definition) is 3. The van der Waals surface area contributed by atoms with Gasteiger partial charge >= 0.3 is 0 Å². The number of hydrogen-bond donors (Lipinski definition) is 1. The van der Waals surface area contributed by atoms with Gasteiger partial charge in [0.15, 0.2) is 5.82 Å². The molecule has 0 radical (unpaired) electrons. The van der Waals surface area contributed by atoms with Crippen LogP contribution >= 0.6 is 0 Å². The first-order chi connectivity index (χ1) is 6.75. The van der Waals surface area contributed by atoms with Crippen molar-refractivity contribution in [3.05, 3.63) is 42.2 Å². The molecular formula is C11H11N3. The zero-order valence-corrected chi connectivity index (χ0v) is 7.94. The fraction of sp³-hybridized carbons (Fsp3) is 0.0909. The maximum atomic E-state index is 5.50. The third kappa shape index (κ3) is 1.71. The van der Waals surface area contributed by atoms with E-state index in [2.05, 4.69) is 9.97 Å². The highest BCUT2D eigenvalue weighted by Crippen LogP contribution is 2.14. The van der Waals surface area contributed by atoms with Gasteiger partial charge in [0, 0.05) is 5.56 Å². The molecule has 0 fully saturated rings. The van der Waals surface area contributed by atoms with Crippen molar-refractivity contribution in [3.8, 4) is 11.4 Å². The van der Waals surface area contributed by atoms with Gasteiger partial charge in [-0.15, -0.1) is 0 Å². The molecular weight excluding hydrogens is 174 g/mol. The highest BCUT2D eigenvalue weighted by atomic mass is 14.9. The van der Waals surface area contributed by atoms with Crippen molar-refractivity contribution < 1.29 is 0 Å². The van der Waals surface area contributed by atoms with Gasteiger partial charge in [-0.2, -0.15) is 0 Å². The van der Waals surface area contributed by atoms with E-state index in [4.69, 9.17) is 5.73 Å². The fourth-order valence-corrected chi connectivity index (χ4v) is 1.19. The van der Waals surface area contributed by atoms with E-state index in [9.17, 15) is 0 Å². The molecule has 0 saturated carbocycles. The standard InChI is InChI=1S/C11H11N3/c1-8-2-4-9(5-3-8)11-13-6-10(12)7-14-11/h2-7H,12H2,1H3. The average molecular weight is 185 g/mol. The van der Waals surface area contributed by atoms with Crippen molar-refractivity contribution in [2.24, 2.45) is 0 Å². The lowest BCUT2D eigenvalue weighted by atomic mass is 10.1. The second kappa shape index (κ2) is 3.46. The number of benzene rings is 1. The Morgan fingerprint density at radius 2 is 1.57 bits per heavy atom. The summed E-state index contributed by atoms with van der Waals surface area (Å²) in [6, 6.07) is 8.08. The lowest BCUT2D eigenvalue weighted by Crippen LogP contribution is -1.92. The summed E-state index contributed by atoms with van der Waals surface area (Å²) in [4.78, 5) is 8.28. The Hall–Kier alpha value is -1.90. The molecule has 1 aromatic carbocycles. The first-order valence-corrected chi connectivity index (χ1v) is 4.40. The molecule has 0 atom stereocenters. The van der Waals surface area contributed by atoms with Crippen LogP contribution in [0.3, 0.4) is 0 Å². The average Bonchev–Trinajstić information content (AvgIpc) is 2.21. The Kier molecular flexibility index (Phi) is 2.14. The second-order valence-corrected chi connectivity index (χ2v) is 3.21. The van der Waals surface area contributed by atoms with E-state index in [1.807, 2.05) is 31.2 Å². The first kappa shape index (κ1) is 8.69. The smallest absolute Gasteiger partial charge is 0.159 e. The van der Waals surface area contributed by atoms with Gasteiger partial charge in [0.05, 0.1) is 18.1 Å². The van der Waals surface area contributed by atoms with Gasteiger partial charge in [-0.05, 0) is 6.92 Å². The molecule has 0 unspecified atom stereocenters. The van der Waals surface area contributed by atoms with E-state index in [1.54, 1.807) is 12.4 Å². The van der Waals surface area contributed by atoms with E-state index >= 15 is 0 Å². The van der Waals surface area contributed by atoms with Crippen LogP contribution in [0.4, 0.5) is 5.69 Å². The minimum atomic E-state index is 0.584. The SMILES string of the molecule is Cc1ccc(-c2ncc(N)cn2)cc1. The molecule has 1 heterocycles. The molecule has 1 aromatic heterocycles. The lowest BCUT2D eigenvalue weighted by molar-refractivity contribution is 1.18. The number of anilines is 1. The molecule has 0 saturated heterocycles. The number of nitrogens with zero attached hydrogens (tertiary/aromatic N) is 2. The summed E-state index contributed by atoms with van der Waals surface area (Å²) in [6.07, 6.45) is 3.23. The Labute approximate surface area is 82.6 Å². The molecule has 2 N–H and O–H groups in total. The molecule has 0 aliphatic rings. The van der Waals surface area contributed by atoms with E-state index in [1.165, 1.54) is 5.56 Å². The van der Waals surface area contributed by atoms with E-state index < -0.39 is 0 Å². The maximum Gasteiger partial charge on any atom is 0.159 e. The highest BCUT2D eigenvalue weighted by Gasteiger charge is 1.98. The Balaban J connectivity index is 2.40. The first-order valence-electron chi connectivity index (χ1n) is 4.40. The van der Waals surface area contributed by atoms with Crippen molar-refractivity contribution in [2.45, 2.75) is 6.92 Å². The van der Waals surface area contributed by atoms with Crippen molar-refractivity contribution >= 4 is 5.69 Å². The molecule has 0 spiro atoms. The monoisotopic (exact) mass is 185 g/mol. The quantitative estimate of drug-likeness (QED) is 0.739. The Morgan fingerprint density at radius 1 is 1.00 bits per heavy atom. The van der Waals surface area contributed by atoms with Crippen molar-refractivity contribution in [3.63, 3.8) is 0 Å². The zero-order valence-electron chi connectivity index (χ0n) is 7.94. The number of rotatable bonds is 1. The van der Waals surface area contributed by atoms with Crippen LogP contribution in [-0.2, 0) is 0 Å². The predicted molar refractivity (Wildman–Crippen MR) is 56.6 cm³/mol. The summed E-state index contributed by atoms with van der Waals surface area (Å²) < 4.78 is 0. The molecule has 0 aliphatic carbocycles. The maximum absolute atomic E-state index is 5.50. The summed E-state index contributed by atoms with van der Waals surface area (Å²) in [7, 11) is 0. The molecule has 0 aliphatic heterocycles. The minimum Gasteiger partial charge on any atom is -0.396 e. The summed E-state index contributed by atoms with van der Waals surface area (Å²) in [5.74, 6) is 0.708. The topological polar surface area (TPSA) is 51.8 Å². The van der Waals surface area contributed by atoms with Crippen LogP contribution in [0.2, 0.25) is 0 Å². The third-order valence-electron chi connectivity index (χ3n) is 1.98. The predicted octanol–water partition coefficient (Wildman–Crippen LogP) is 2.03. The second-order valence-electron chi connectivity index (χ2n) is 3.21. The molecule has 14 heavy (non-hydrogen) atoms. The number of nitrogen functional groups attached to an aromatic ring is 1. The van der Waals surface area contributed by atoms with Gasteiger partial charge in [-0.25, -0.2) is 9.97 Å². The van der Waals surface area contributed by atoms with Gasteiger partial charge in [0.25, 0.3) is 0 Å². The van der Waals surface area contributed by atoms with Crippen LogP contribution in [0.5, 0.6) is 0 Å². The number of aromatic nitrogens is 2. The molecule has 3 heteroatoms. The van der Waals surface area contributed by atoms with Crippen molar-refractivity contribution in [1.82, 2.24) is 9.97 Å². The summed E-state index contributed by atoms with van der Waals surface area (Å²) in [6.45, 7) is 2.05. The van der Waals surface area contributed by atoms with Crippen LogP contribution in [-0.4, -0.2) is 9.97 Å². The van der Waals surface area contributed by atoms with E-state index in [0.717, 1.165) is 5.56 Å². The molecule has 2 aromatic rings. The van der Waals surface area contributed by atoms with Crippen molar-refractivity contribution in [1.29, 1.82) is 0 Å². The minimum absolute atomic E-state index is 0.584. The number of nitrogens with two attached hydrogens (primary N) is 1. The van der Waals surface area contributed by atoms with Crippen LogP contribution in [0.15, 0.2) is 36.7 Å². The summed E-state index contributed by atoms with van der Waals surface area (Å²) in [5, 5.41) is 0.